The molecule has 0 saturated carbocycles. The van der Waals surface area contributed by atoms with Crippen LogP contribution in [0.25, 0.3) is 22.4 Å². The van der Waals surface area contributed by atoms with E-state index in [-0.39, 0.29) is 23.8 Å². The lowest BCUT2D eigenvalue weighted by atomic mass is 10.1. The number of benzene rings is 1. The normalized spacial score (nSPS) is 11.0. The van der Waals surface area contributed by atoms with Crippen molar-refractivity contribution in [2.24, 2.45) is 0 Å². The van der Waals surface area contributed by atoms with Gasteiger partial charge in [0.15, 0.2) is 11.3 Å². The predicted octanol–water partition coefficient (Wildman–Crippen LogP) is 2.43. The zero-order valence-corrected chi connectivity index (χ0v) is 18.5. The van der Waals surface area contributed by atoms with Crippen LogP contribution >= 0.6 is 0 Å². The number of amides is 1. The maximum atomic E-state index is 12.8. The summed E-state index contributed by atoms with van der Waals surface area (Å²) in [4.78, 5) is 45.8. The lowest BCUT2D eigenvalue weighted by Crippen LogP contribution is -2.27. The Balaban J connectivity index is 2.20. The van der Waals surface area contributed by atoms with E-state index in [2.05, 4.69) is 15.1 Å². The van der Waals surface area contributed by atoms with E-state index in [4.69, 9.17) is 4.74 Å². The molecule has 0 spiro atoms. The third-order valence-corrected chi connectivity index (χ3v) is 4.92. The summed E-state index contributed by atoms with van der Waals surface area (Å²) in [5, 5.41) is 4.34. The van der Waals surface area contributed by atoms with Crippen LogP contribution in [0.5, 0.6) is 5.75 Å². The third kappa shape index (κ3) is 4.50. The molecule has 3 aromatic rings. The van der Waals surface area contributed by atoms with Gasteiger partial charge in [-0.15, -0.1) is 0 Å². The van der Waals surface area contributed by atoms with Crippen LogP contribution in [0.4, 0.5) is 0 Å². The van der Waals surface area contributed by atoms with Gasteiger partial charge in [-0.05, 0) is 38.0 Å². The van der Waals surface area contributed by atoms with Crippen LogP contribution in [-0.2, 0) is 17.8 Å². The topological polar surface area (TPSA) is 110 Å². The van der Waals surface area contributed by atoms with E-state index < -0.39 is 5.56 Å². The minimum absolute atomic E-state index is 0.0198. The number of likely N-dealkylation sites (N-methyl/N-ethyl adjacent to an activating group) is 1. The van der Waals surface area contributed by atoms with E-state index in [0.29, 0.717) is 46.9 Å². The molecule has 0 aliphatic carbocycles. The van der Waals surface area contributed by atoms with E-state index in [9.17, 15) is 14.4 Å². The van der Waals surface area contributed by atoms with Crippen LogP contribution in [0.1, 0.15) is 43.2 Å². The fraction of sp³-hybridized carbons (Fsp3) is 0.409. The Morgan fingerprint density at radius 2 is 1.94 bits per heavy atom. The molecule has 0 aliphatic heterocycles. The van der Waals surface area contributed by atoms with Crippen molar-refractivity contribution >= 4 is 22.7 Å². The van der Waals surface area contributed by atoms with Crippen molar-refractivity contribution in [3.63, 3.8) is 0 Å². The number of ether oxygens (including phenoxy) is 1. The average molecular weight is 425 g/mol. The minimum Gasteiger partial charge on any atom is -0.493 e. The van der Waals surface area contributed by atoms with Crippen molar-refractivity contribution in [1.29, 1.82) is 0 Å². The van der Waals surface area contributed by atoms with E-state index in [1.165, 1.54) is 16.5 Å². The summed E-state index contributed by atoms with van der Waals surface area (Å²) in [6.07, 6.45) is 1.35. The first-order valence-corrected chi connectivity index (χ1v) is 10.2. The molecule has 1 amide bonds. The number of nitrogens with zero attached hydrogens (tertiary/aromatic N) is 4. The van der Waals surface area contributed by atoms with Crippen molar-refractivity contribution in [1.82, 2.24) is 24.6 Å². The molecule has 31 heavy (non-hydrogen) atoms. The van der Waals surface area contributed by atoms with Gasteiger partial charge in [-0.2, -0.15) is 5.10 Å². The molecule has 9 nitrogen and oxygen atoms in total. The van der Waals surface area contributed by atoms with Gasteiger partial charge in [-0.1, -0.05) is 13.8 Å². The van der Waals surface area contributed by atoms with Crippen molar-refractivity contribution in [2.45, 2.75) is 40.2 Å². The number of hydrogen-bond acceptors (Lipinski definition) is 6. The fourth-order valence-electron chi connectivity index (χ4n) is 3.21. The molecule has 1 aromatic carbocycles. The van der Waals surface area contributed by atoms with Crippen LogP contribution in [0.3, 0.4) is 0 Å². The second-order valence-electron chi connectivity index (χ2n) is 7.47. The Kier molecular flexibility index (Phi) is 6.53. The van der Waals surface area contributed by atoms with Gasteiger partial charge in [0.1, 0.15) is 23.6 Å². The van der Waals surface area contributed by atoms with Gasteiger partial charge >= 0.3 is 0 Å². The first kappa shape index (κ1) is 22.2. The average Bonchev–Trinajstić information content (AvgIpc) is 3.09. The maximum absolute atomic E-state index is 12.8. The zero-order valence-electron chi connectivity index (χ0n) is 18.5. The SMILES string of the molecule is CCCOc1ccc(C(C)=O)cc1-c1nc2c(CC)n(CC(=O)N(C)C)nc2c(=O)[nH]1. The molecule has 0 atom stereocenters. The van der Waals surface area contributed by atoms with E-state index >= 15 is 0 Å². The molecule has 0 fully saturated rings. The number of H-pyrrole nitrogens is 1. The smallest absolute Gasteiger partial charge is 0.279 e. The van der Waals surface area contributed by atoms with Gasteiger partial charge in [0.25, 0.3) is 5.56 Å². The predicted molar refractivity (Wildman–Crippen MR) is 117 cm³/mol. The standard InChI is InChI=1S/C22H27N5O4/c1-6-10-31-17-9-8-14(13(3)28)11-15(17)21-23-19-16(7-2)27(12-18(29)26(4)5)25-20(19)22(30)24-21/h8-9,11H,6-7,10,12H2,1-5H3,(H,23,24,30). The highest BCUT2D eigenvalue weighted by molar-refractivity contribution is 5.95. The second-order valence-corrected chi connectivity index (χ2v) is 7.47. The second kappa shape index (κ2) is 9.11. The van der Waals surface area contributed by atoms with Crippen molar-refractivity contribution in [2.75, 3.05) is 20.7 Å². The Hall–Kier alpha value is -3.49. The quantitative estimate of drug-likeness (QED) is 0.555. The molecule has 0 aliphatic rings. The highest BCUT2D eigenvalue weighted by Gasteiger charge is 2.20. The molecule has 3 rings (SSSR count). The molecule has 0 unspecified atom stereocenters. The van der Waals surface area contributed by atoms with Crippen molar-refractivity contribution in [3.05, 3.63) is 39.8 Å². The highest BCUT2D eigenvalue weighted by Crippen LogP contribution is 2.30. The molecule has 2 heterocycles. The Labute approximate surface area is 180 Å². The summed E-state index contributed by atoms with van der Waals surface area (Å²) in [6.45, 7) is 5.90. The molecule has 2 aromatic heterocycles. The first-order chi connectivity index (χ1) is 14.8. The Morgan fingerprint density at radius 3 is 2.55 bits per heavy atom. The fourth-order valence-corrected chi connectivity index (χ4v) is 3.21. The number of fused-ring (bicyclic) bond motifs is 1. The number of rotatable bonds is 8. The van der Waals surface area contributed by atoms with E-state index in [1.807, 2.05) is 13.8 Å². The maximum Gasteiger partial charge on any atom is 0.279 e. The van der Waals surface area contributed by atoms with Crippen LogP contribution in [0.2, 0.25) is 0 Å². The molecule has 164 valence electrons. The number of aromatic amines is 1. The summed E-state index contributed by atoms with van der Waals surface area (Å²) >= 11 is 0. The lowest BCUT2D eigenvalue weighted by molar-refractivity contribution is -0.129. The van der Waals surface area contributed by atoms with Crippen molar-refractivity contribution in [3.8, 4) is 17.1 Å². The molecule has 0 bridgehead atoms. The number of aryl methyl sites for hydroxylation is 1. The molecular weight excluding hydrogens is 398 g/mol. The van der Waals surface area contributed by atoms with Gasteiger partial charge in [0.05, 0.1) is 17.9 Å². The Bertz CT molecular complexity index is 1190. The van der Waals surface area contributed by atoms with Crippen LogP contribution in [0.15, 0.2) is 23.0 Å². The van der Waals surface area contributed by atoms with E-state index in [0.717, 1.165) is 6.42 Å². The summed E-state index contributed by atoms with van der Waals surface area (Å²) in [5.41, 5.74) is 1.90. The summed E-state index contributed by atoms with van der Waals surface area (Å²) in [6, 6.07) is 5.07. The van der Waals surface area contributed by atoms with Crippen molar-refractivity contribution < 1.29 is 14.3 Å². The Morgan fingerprint density at radius 1 is 1.19 bits per heavy atom. The third-order valence-electron chi connectivity index (χ3n) is 4.92. The van der Waals surface area contributed by atoms with Gasteiger partial charge in [-0.25, -0.2) is 4.98 Å². The van der Waals surface area contributed by atoms with Gasteiger partial charge in [0, 0.05) is 19.7 Å². The number of carbonyl (C=O) groups is 2. The lowest BCUT2D eigenvalue weighted by Gasteiger charge is -2.12. The number of hydrogen-bond donors (Lipinski definition) is 1. The van der Waals surface area contributed by atoms with Crippen LogP contribution in [-0.4, -0.2) is 57.0 Å². The van der Waals surface area contributed by atoms with E-state index in [1.54, 1.807) is 32.3 Å². The molecule has 0 radical (unpaired) electrons. The highest BCUT2D eigenvalue weighted by atomic mass is 16.5. The number of ketones is 1. The van der Waals surface area contributed by atoms with Gasteiger partial charge in [0.2, 0.25) is 5.91 Å². The minimum atomic E-state index is -0.416. The monoisotopic (exact) mass is 425 g/mol. The summed E-state index contributed by atoms with van der Waals surface area (Å²) < 4.78 is 7.35. The molecule has 9 heteroatoms. The number of carbonyl (C=O) groups excluding carboxylic acids is 2. The van der Waals surface area contributed by atoms with Gasteiger partial charge < -0.3 is 14.6 Å². The zero-order chi connectivity index (χ0) is 22.7. The van der Waals surface area contributed by atoms with Crippen LogP contribution in [0, 0.1) is 0 Å². The molecule has 0 saturated heterocycles. The number of nitrogens with one attached hydrogen (secondary N) is 1. The number of aromatic nitrogens is 4. The first-order valence-electron chi connectivity index (χ1n) is 10.2. The van der Waals surface area contributed by atoms with Crippen LogP contribution < -0.4 is 10.3 Å². The molecular formula is C22H27N5O4. The summed E-state index contributed by atoms with van der Waals surface area (Å²) in [7, 11) is 3.33. The summed E-state index contributed by atoms with van der Waals surface area (Å²) in [5.74, 6) is 0.585. The molecule has 1 N–H and O–H groups in total. The number of Topliss-reactive ketones (excluding diaryl/α,β-unsaturated/α-hetero) is 1. The largest absolute Gasteiger partial charge is 0.493 e. The van der Waals surface area contributed by atoms with Gasteiger partial charge in [-0.3, -0.25) is 19.1 Å².